The van der Waals surface area contributed by atoms with Crippen molar-refractivity contribution in [3.05, 3.63) is 62.7 Å². The molecule has 1 N–H and O–H groups in total. The van der Waals surface area contributed by atoms with E-state index in [1.807, 2.05) is 6.07 Å². The Balaban J connectivity index is 2.06. The van der Waals surface area contributed by atoms with Crippen molar-refractivity contribution in [3.8, 4) is 11.5 Å². The third kappa shape index (κ3) is 5.85. The number of hydrogen-bond acceptors (Lipinski definition) is 5. The quantitative estimate of drug-likeness (QED) is 0.485. The summed E-state index contributed by atoms with van der Waals surface area (Å²) in [6, 6.07) is 9.29. The lowest BCUT2D eigenvalue weighted by Gasteiger charge is -2.13. The third-order valence-electron chi connectivity index (χ3n) is 4.03. The van der Waals surface area contributed by atoms with Crippen LogP contribution in [0.15, 0.2) is 36.4 Å². The molecule has 0 saturated carbocycles. The average Bonchev–Trinajstić information content (AvgIpc) is 2.66. The van der Waals surface area contributed by atoms with Crippen molar-refractivity contribution in [3.63, 3.8) is 0 Å². The molecule has 0 aromatic heterocycles. The zero-order valence-electron chi connectivity index (χ0n) is 16.0. The van der Waals surface area contributed by atoms with Crippen molar-refractivity contribution in [2.45, 2.75) is 26.8 Å². The van der Waals surface area contributed by atoms with Crippen LogP contribution >= 0.6 is 11.6 Å². The van der Waals surface area contributed by atoms with Crippen LogP contribution in [0.5, 0.6) is 11.5 Å². The summed E-state index contributed by atoms with van der Waals surface area (Å²) in [6.07, 6.45) is 0.931. The van der Waals surface area contributed by atoms with Gasteiger partial charge in [-0.15, -0.1) is 0 Å². The van der Waals surface area contributed by atoms with Crippen LogP contribution < -0.4 is 14.8 Å². The Morgan fingerprint density at radius 1 is 1.21 bits per heavy atom. The molecule has 2 rings (SSSR count). The number of nitrogens with one attached hydrogen (secondary N) is 1. The molecule has 0 fully saturated rings. The van der Waals surface area contributed by atoms with E-state index in [0.717, 1.165) is 18.1 Å². The predicted molar refractivity (Wildman–Crippen MR) is 107 cm³/mol. The summed E-state index contributed by atoms with van der Waals surface area (Å²) in [5, 5.41) is 14.0. The smallest absolute Gasteiger partial charge is 0.283 e. The third-order valence-corrected chi connectivity index (χ3v) is 4.27. The normalized spacial score (nSPS) is 10.6. The summed E-state index contributed by atoms with van der Waals surface area (Å²) in [5.74, 6) is 1.18. The maximum Gasteiger partial charge on any atom is 0.283 e. The summed E-state index contributed by atoms with van der Waals surface area (Å²) in [5.41, 5.74) is 0.393. The molecule has 2 aromatic rings. The number of amides is 1. The monoisotopic (exact) mass is 406 g/mol. The van der Waals surface area contributed by atoms with E-state index in [1.165, 1.54) is 12.1 Å². The molecule has 8 heteroatoms. The summed E-state index contributed by atoms with van der Waals surface area (Å²) < 4.78 is 11.1. The van der Waals surface area contributed by atoms with Gasteiger partial charge in [0.15, 0.2) is 11.5 Å². The molecule has 0 atom stereocenters. The number of carbonyl (C=O) groups is 1. The zero-order valence-corrected chi connectivity index (χ0v) is 16.8. The number of carbonyl (C=O) groups excluding carboxylic acids is 1. The molecule has 150 valence electrons. The predicted octanol–water partition coefficient (Wildman–Crippen LogP) is 4.61. The Kier molecular flexibility index (Phi) is 7.63. The van der Waals surface area contributed by atoms with Crippen molar-refractivity contribution in [2.24, 2.45) is 5.92 Å². The molecular weight excluding hydrogens is 384 g/mol. The fourth-order valence-electron chi connectivity index (χ4n) is 2.47. The maximum absolute atomic E-state index is 12.4. The second-order valence-electron chi connectivity index (χ2n) is 6.62. The van der Waals surface area contributed by atoms with Crippen LogP contribution in [-0.4, -0.2) is 24.5 Å². The second kappa shape index (κ2) is 9.94. The summed E-state index contributed by atoms with van der Waals surface area (Å²) in [6.45, 7) is 5.01. The molecule has 0 aliphatic rings. The van der Waals surface area contributed by atoms with Gasteiger partial charge in [-0.2, -0.15) is 0 Å². The van der Waals surface area contributed by atoms with Gasteiger partial charge in [0.1, 0.15) is 5.56 Å². The first-order chi connectivity index (χ1) is 13.3. The van der Waals surface area contributed by atoms with E-state index < -0.39 is 10.8 Å². The number of nitrogens with zero attached hydrogens (tertiary/aromatic N) is 1. The molecule has 28 heavy (non-hydrogen) atoms. The van der Waals surface area contributed by atoms with Crippen molar-refractivity contribution < 1.29 is 19.2 Å². The molecule has 0 spiro atoms. The molecule has 7 nitrogen and oxygen atoms in total. The molecule has 0 saturated heterocycles. The number of benzene rings is 2. The Morgan fingerprint density at radius 2 is 1.96 bits per heavy atom. The minimum Gasteiger partial charge on any atom is -0.493 e. The van der Waals surface area contributed by atoms with Gasteiger partial charge in [-0.05, 0) is 42.2 Å². The van der Waals surface area contributed by atoms with E-state index in [1.54, 1.807) is 19.2 Å². The molecule has 0 heterocycles. The van der Waals surface area contributed by atoms with E-state index in [-0.39, 0.29) is 22.8 Å². The molecule has 0 radical (unpaired) electrons. The number of halogens is 1. The first kappa shape index (κ1) is 21.5. The summed E-state index contributed by atoms with van der Waals surface area (Å²) in [4.78, 5) is 22.9. The van der Waals surface area contributed by atoms with Crippen LogP contribution in [0.2, 0.25) is 5.02 Å². The highest BCUT2D eigenvalue weighted by atomic mass is 35.5. The molecule has 2 aromatic carbocycles. The van der Waals surface area contributed by atoms with Gasteiger partial charge < -0.3 is 14.8 Å². The van der Waals surface area contributed by atoms with Crippen molar-refractivity contribution in [2.75, 3.05) is 13.7 Å². The van der Waals surface area contributed by atoms with E-state index in [2.05, 4.69) is 19.2 Å². The number of nitro benzene ring substituents is 1. The Labute approximate surface area is 168 Å². The van der Waals surface area contributed by atoms with Crippen LogP contribution in [0.1, 0.15) is 36.2 Å². The lowest BCUT2D eigenvalue weighted by Crippen LogP contribution is -2.23. The fraction of sp³-hybridized carbons (Fsp3) is 0.350. The van der Waals surface area contributed by atoms with Gasteiger partial charge in [-0.1, -0.05) is 31.5 Å². The van der Waals surface area contributed by atoms with Gasteiger partial charge in [-0.25, -0.2) is 0 Å². The molecule has 1 amide bonds. The average molecular weight is 407 g/mol. The second-order valence-corrected chi connectivity index (χ2v) is 7.05. The van der Waals surface area contributed by atoms with E-state index >= 15 is 0 Å². The first-order valence-corrected chi connectivity index (χ1v) is 9.21. The Morgan fingerprint density at radius 3 is 2.61 bits per heavy atom. The molecule has 0 aliphatic heterocycles. The van der Waals surface area contributed by atoms with Crippen molar-refractivity contribution >= 4 is 23.2 Å². The van der Waals surface area contributed by atoms with Gasteiger partial charge in [0.25, 0.3) is 11.6 Å². The number of nitro groups is 1. The van der Waals surface area contributed by atoms with E-state index in [0.29, 0.717) is 24.0 Å². The van der Waals surface area contributed by atoms with Crippen LogP contribution in [0.25, 0.3) is 0 Å². The van der Waals surface area contributed by atoms with Crippen molar-refractivity contribution in [1.82, 2.24) is 5.32 Å². The molecular formula is C20H23ClN2O5. The largest absolute Gasteiger partial charge is 0.493 e. The standard InChI is InChI=1S/C20H23ClN2O5/c1-13(2)8-9-28-18-7-4-14(10-19(18)27-3)12-22-20(24)16-6-5-15(21)11-17(16)23(25)26/h4-7,10-11,13H,8-9,12H2,1-3H3,(H,22,24). The Hall–Kier alpha value is -2.80. The highest BCUT2D eigenvalue weighted by Gasteiger charge is 2.20. The zero-order chi connectivity index (χ0) is 20.7. The van der Waals surface area contributed by atoms with Crippen molar-refractivity contribution in [1.29, 1.82) is 0 Å². The molecule has 0 unspecified atom stereocenters. The molecule has 0 bridgehead atoms. The highest BCUT2D eigenvalue weighted by molar-refractivity contribution is 6.31. The number of methoxy groups -OCH3 is 1. The SMILES string of the molecule is COc1cc(CNC(=O)c2ccc(Cl)cc2[N+](=O)[O-])ccc1OCCC(C)C. The number of rotatable bonds is 9. The van der Waals surface area contributed by atoms with Crippen LogP contribution in [0, 0.1) is 16.0 Å². The minimum absolute atomic E-state index is 0.0463. The lowest BCUT2D eigenvalue weighted by atomic mass is 10.1. The highest BCUT2D eigenvalue weighted by Crippen LogP contribution is 2.29. The minimum atomic E-state index is -0.632. The van der Waals surface area contributed by atoms with E-state index in [9.17, 15) is 14.9 Å². The molecule has 0 aliphatic carbocycles. The van der Waals surface area contributed by atoms with Crippen LogP contribution in [0.3, 0.4) is 0 Å². The van der Waals surface area contributed by atoms with Gasteiger partial charge in [0.2, 0.25) is 0 Å². The van der Waals surface area contributed by atoms with E-state index in [4.69, 9.17) is 21.1 Å². The van der Waals surface area contributed by atoms with Gasteiger partial charge in [-0.3, -0.25) is 14.9 Å². The number of ether oxygens (including phenoxy) is 2. The van der Waals surface area contributed by atoms with Gasteiger partial charge >= 0.3 is 0 Å². The summed E-state index contributed by atoms with van der Waals surface area (Å²) >= 11 is 5.78. The van der Waals surface area contributed by atoms with Crippen LogP contribution in [0.4, 0.5) is 5.69 Å². The Bertz CT molecular complexity index is 854. The number of hydrogen-bond donors (Lipinski definition) is 1. The fourth-order valence-corrected chi connectivity index (χ4v) is 2.64. The van der Waals surface area contributed by atoms with Crippen LogP contribution in [-0.2, 0) is 6.54 Å². The lowest BCUT2D eigenvalue weighted by molar-refractivity contribution is -0.385. The van der Waals surface area contributed by atoms with Gasteiger partial charge in [0.05, 0.1) is 18.6 Å². The maximum atomic E-state index is 12.4. The van der Waals surface area contributed by atoms with Gasteiger partial charge in [0, 0.05) is 17.6 Å². The first-order valence-electron chi connectivity index (χ1n) is 8.83. The topological polar surface area (TPSA) is 90.7 Å². The summed E-state index contributed by atoms with van der Waals surface area (Å²) in [7, 11) is 1.55.